The Bertz CT molecular complexity index is 1250. The third-order valence-corrected chi connectivity index (χ3v) is 6.93. The molecule has 1 saturated heterocycles. The number of fused-ring (bicyclic) bond motifs is 1. The van der Waals surface area contributed by atoms with E-state index in [9.17, 15) is 9.59 Å². The standard InChI is InChI=1S/C26H25N5O2S/c32-25(17-21-5-1-3-11-27-21)29-13-15-30(16-14-29)26(33)20-7-9-23(10-8-20)34-19-22-18-31-12-4-2-6-24(31)28-22/h1-12,18H,13-17,19H2. The fraction of sp³-hybridized carbons (Fsp3) is 0.231. The van der Waals surface area contributed by atoms with Gasteiger partial charge in [0.25, 0.3) is 5.91 Å². The summed E-state index contributed by atoms with van der Waals surface area (Å²) in [5.74, 6) is 0.829. The molecule has 172 valence electrons. The Hall–Kier alpha value is -3.65. The summed E-state index contributed by atoms with van der Waals surface area (Å²) in [5.41, 5.74) is 3.40. The van der Waals surface area contributed by atoms with E-state index >= 15 is 0 Å². The van der Waals surface area contributed by atoms with Crippen molar-refractivity contribution in [3.63, 3.8) is 0 Å². The monoisotopic (exact) mass is 471 g/mol. The topological polar surface area (TPSA) is 70.8 Å². The zero-order chi connectivity index (χ0) is 23.3. The van der Waals surface area contributed by atoms with Crippen molar-refractivity contribution in [1.82, 2.24) is 24.2 Å². The van der Waals surface area contributed by atoms with Gasteiger partial charge in [-0.25, -0.2) is 4.98 Å². The molecule has 34 heavy (non-hydrogen) atoms. The van der Waals surface area contributed by atoms with Gasteiger partial charge in [0.05, 0.1) is 12.1 Å². The van der Waals surface area contributed by atoms with Crippen LogP contribution in [-0.2, 0) is 17.0 Å². The van der Waals surface area contributed by atoms with E-state index in [1.165, 1.54) is 0 Å². The van der Waals surface area contributed by atoms with Crippen LogP contribution in [0.25, 0.3) is 5.65 Å². The second-order valence-corrected chi connectivity index (χ2v) is 9.23. The van der Waals surface area contributed by atoms with E-state index in [1.807, 2.05) is 87.3 Å². The molecule has 1 aromatic carbocycles. The summed E-state index contributed by atoms with van der Waals surface area (Å²) >= 11 is 1.70. The first-order valence-corrected chi connectivity index (χ1v) is 12.3. The van der Waals surface area contributed by atoms with Gasteiger partial charge in [-0.05, 0) is 48.5 Å². The quantitative estimate of drug-likeness (QED) is 0.402. The molecule has 1 aliphatic heterocycles. The van der Waals surface area contributed by atoms with Crippen molar-refractivity contribution < 1.29 is 9.59 Å². The van der Waals surface area contributed by atoms with E-state index in [0.29, 0.717) is 38.2 Å². The molecule has 4 aromatic rings. The highest BCUT2D eigenvalue weighted by Gasteiger charge is 2.25. The SMILES string of the molecule is O=C(Cc1ccccn1)N1CCN(C(=O)c2ccc(SCc3cn4ccccc4n3)cc2)CC1. The van der Waals surface area contributed by atoms with Gasteiger partial charge in [-0.1, -0.05) is 12.1 Å². The van der Waals surface area contributed by atoms with Gasteiger partial charge in [0.1, 0.15) is 5.65 Å². The van der Waals surface area contributed by atoms with Crippen molar-refractivity contribution in [1.29, 1.82) is 0 Å². The van der Waals surface area contributed by atoms with Crippen LogP contribution in [-0.4, -0.2) is 62.2 Å². The minimum atomic E-state index is 0.00808. The molecule has 0 atom stereocenters. The molecule has 0 unspecified atom stereocenters. The molecule has 0 radical (unpaired) electrons. The molecule has 3 aromatic heterocycles. The molecule has 8 heteroatoms. The van der Waals surface area contributed by atoms with Crippen molar-refractivity contribution in [3.8, 4) is 0 Å². The van der Waals surface area contributed by atoms with E-state index in [2.05, 4.69) is 9.97 Å². The summed E-state index contributed by atoms with van der Waals surface area (Å²) < 4.78 is 2.02. The number of rotatable bonds is 6. The Labute approximate surface area is 202 Å². The molecule has 5 rings (SSSR count). The average molecular weight is 472 g/mol. The second-order valence-electron chi connectivity index (χ2n) is 8.18. The third-order valence-electron chi connectivity index (χ3n) is 5.88. The lowest BCUT2D eigenvalue weighted by Gasteiger charge is -2.34. The normalized spacial score (nSPS) is 13.9. The molecular weight excluding hydrogens is 446 g/mol. The second kappa shape index (κ2) is 10.1. The lowest BCUT2D eigenvalue weighted by molar-refractivity contribution is -0.132. The van der Waals surface area contributed by atoms with Gasteiger partial charge in [-0.2, -0.15) is 0 Å². The molecule has 0 bridgehead atoms. The lowest BCUT2D eigenvalue weighted by atomic mass is 10.1. The third kappa shape index (κ3) is 5.12. The summed E-state index contributed by atoms with van der Waals surface area (Å²) in [6.07, 6.45) is 6.03. The van der Waals surface area contributed by atoms with Crippen molar-refractivity contribution >= 4 is 29.2 Å². The first kappa shape index (κ1) is 22.2. The van der Waals surface area contributed by atoms with Crippen LogP contribution < -0.4 is 0 Å². The number of amides is 2. The largest absolute Gasteiger partial charge is 0.339 e. The number of hydrogen-bond acceptors (Lipinski definition) is 5. The highest BCUT2D eigenvalue weighted by molar-refractivity contribution is 7.98. The number of carbonyl (C=O) groups excluding carboxylic acids is 2. The van der Waals surface area contributed by atoms with Crippen molar-refractivity contribution in [2.24, 2.45) is 0 Å². The maximum Gasteiger partial charge on any atom is 0.253 e. The average Bonchev–Trinajstić information content (AvgIpc) is 3.31. The van der Waals surface area contributed by atoms with E-state index in [4.69, 9.17) is 0 Å². The molecule has 2 amide bonds. The van der Waals surface area contributed by atoms with E-state index in [1.54, 1.807) is 18.0 Å². The minimum absolute atomic E-state index is 0.00808. The molecule has 7 nitrogen and oxygen atoms in total. The van der Waals surface area contributed by atoms with Gasteiger partial charge in [-0.3, -0.25) is 14.6 Å². The van der Waals surface area contributed by atoms with Crippen LogP contribution in [0.5, 0.6) is 0 Å². The molecule has 0 saturated carbocycles. The number of thioether (sulfide) groups is 1. The summed E-state index contributed by atoms with van der Waals surface area (Å²) in [6, 6.07) is 19.3. The summed E-state index contributed by atoms with van der Waals surface area (Å²) in [5, 5.41) is 0. The Morgan fingerprint density at radius 3 is 2.35 bits per heavy atom. The van der Waals surface area contributed by atoms with Gasteiger partial charge >= 0.3 is 0 Å². The van der Waals surface area contributed by atoms with Crippen LogP contribution in [0.3, 0.4) is 0 Å². The van der Waals surface area contributed by atoms with E-state index < -0.39 is 0 Å². The molecular formula is C26H25N5O2S. The Kier molecular flexibility index (Phi) is 6.58. The zero-order valence-corrected chi connectivity index (χ0v) is 19.5. The first-order valence-electron chi connectivity index (χ1n) is 11.3. The van der Waals surface area contributed by atoms with Crippen molar-refractivity contribution in [2.45, 2.75) is 17.1 Å². The zero-order valence-electron chi connectivity index (χ0n) is 18.7. The number of piperazine rings is 1. The van der Waals surface area contributed by atoms with Gasteiger partial charge in [-0.15, -0.1) is 11.8 Å². The fourth-order valence-electron chi connectivity index (χ4n) is 4.02. The van der Waals surface area contributed by atoms with Crippen molar-refractivity contribution in [2.75, 3.05) is 26.2 Å². The van der Waals surface area contributed by atoms with Gasteiger partial charge in [0.15, 0.2) is 0 Å². The van der Waals surface area contributed by atoms with Crippen LogP contribution in [0.2, 0.25) is 0 Å². The molecule has 0 aliphatic carbocycles. The predicted octanol–water partition coefficient (Wildman–Crippen LogP) is 3.55. The first-order chi connectivity index (χ1) is 16.7. The Morgan fingerprint density at radius 2 is 1.62 bits per heavy atom. The summed E-state index contributed by atoms with van der Waals surface area (Å²) in [4.78, 5) is 39.1. The summed E-state index contributed by atoms with van der Waals surface area (Å²) in [6.45, 7) is 2.17. The van der Waals surface area contributed by atoms with E-state index in [0.717, 1.165) is 27.7 Å². The number of hydrogen-bond donors (Lipinski definition) is 0. The number of imidazole rings is 1. The predicted molar refractivity (Wildman–Crippen MR) is 132 cm³/mol. The Morgan fingerprint density at radius 1 is 0.853 bits per heavy atom. The summed E-state index contributed by atoms with van der Waals surface area (Å²) in [7, 11) is 0. The smallest absolute Gasteiger partial charge is 0.253 e. The van der Waals surface area contributed by atoms with Crippen LogP contribution in [0.1, 0.15) is 21.7 Å². The molecule has 0 spiro atoms. The van der Waals surface area contributed by atoms with Crippen LogP contribution in [0, 0.1) is 0 Å². The minimum Gasteiger partial charge on any atom is -0.339 e. The number of benzene rings is 1. The Balaban J connectivity index is 1.12. The number of carbonyl (C=O) groups is 2. The van der Waals surface area contributed by atoms with Crippen LogP contribution in [0.4, 0.5) is 0 Å². The highest BCUT2D eigenvalue weighted by atomic mass is 32.2. The molecule has 0 N–H and O–H groups in total. The maximum absolute atomic E-state index is 13.0. The number of nitrogens with zero attached hydrogens (tertiary/aromatic N) is 5. The lowest BCUT2D eigenvalue weighted by Crippen LogP contribution is -2.51. The highest BCUT2D eigenvalue weighted by Crippen LogP contribution is 2.23. The molecule has 1 fully saturated rings. The van der Waals surface area contributed by atoms with Crippen LogP contribution in [0.15, 0.2) is 84.1 Å². The van der Waals surface area contributed by atoms with Gasteiger partial charge in [0.2, 0.25) is 5.91 Å². The number of aromatic nitrogens is 3. The van der Waals surface area contributed by atoms with Gasteiger partial charge < -0.3 is 14.2 Å². The van der Waals surface area contributed by atoms with Gasteiger partial charge in [0, 0.05) is 66.7 Å². The van der Waals surface area contributed by atoms with E-state index in [-0.39, 0.29) is 11.8 Å². The van der Waals surface area contributed by atoms with Crippen LogP contribution >= 0.6 is 11.8 Å². The maximum atomic E-state index is 13.0. The molecule has 4 heterocycles. The fourth-order valence-corrected chi connectivity index (χ4v) is 4.80. The molecule has 1 aliphatic rings. The van der Waals surface area contributed by atoms with Crippen molar-refractivity contribution in [3.05, 3.63) is 96.2 Å². The number of pyridine rings is 2.